The lowest BCUT2D eigenvalue weighted by atomic mass is 9.95. The van der Waals surface area contributed by atoms with Crippen LogP contribution in [0.15, 0.2) is 36.4 Å². The molecule has 1 aromatic carbocycles. The van der Waals surface area contributed by atoms with Gasteiger partial charge >= 0.3 is 6.18 Å². The van der Waals surface area contributed by atoms with Crippen LogP contribution in [0.3, 0.4) is 0 Å². The Bertz CT molecular complexity index is 1630. The Morgan fingerprint density at radius 1 is 1.07 bits per heavy atom. The molecule has 0 spiro atoms. The molecule has 0 radical (unpaired) electrons. The maximum atomic E-state index is 13.7. The van der Waals surface area contributed by atoms with Crippen molar-refractivity contribution < 1.29 is 22.4 Å². The molecule has 0 atom stereocenters. The van der Waals surface area contributed by atoms with E-state index in [1.54, 1.807) is 16.6 Å². The number of hydrogen-bond donors (Lipinski definition) is 3. The predicted molar refractivity (Wildman–Crippen MR) is 156 cm³/mol. The lowest BCUT2D eigenvalue weighted by Crippen LogP contribution is -2.38. The van der Waals surface area contributed by atoms with E-state index in [0.29, 0.717) is 34.7 Å². The molecule has 0 bridgehead atoms. The number of carbonyl (C=O) groups is 1. The van der Waals surface area contributed by atoms with Crippen LogP contribution in [0.4, 0.5) is 35.1 Å². The van der Waals surface area contributed by atoms with Gasteiger partial charge in [0.25, 0.3) is 5.78 Å². The quantitative estimate of drug-likeness (QED) is 0.128. The van der Waals surface area contributed by atoms with Crippen LogP contribution >= 0.6 is 11.6 Å². The first-order valence-electron chi connectivity index (χ1n) is 13.7. The third kappa shape index (κ3) is 6.80. The number of halogens is 5. The van der Waals surface area contributed by atoms with E-state index in [1.807, 2.05) is 0 Å². The second-order valence-corrected chi connectivity index (χ2v) is 11.0. The van der Waals surface area contributed by atoms with Crippen molar-refractivity contribution in [1.29, 1.82) is 0 Å². The third-order valence-electron chi connectivity index (χ3n) is 7.31. The molecule has 1 fully saturated rings. The summed E-state index contributed by atoms with van der Waals surface area (Å²) in [5, 5.41) is 11.1. The van der Waals surface area contributed by atoms with E-state index in [0.717, 1.165) is 32.0 Å². The van der Waals surface area contributed by atoms with E-state index in [-0.39, 0.29) is 29.8 Å². The molecular weight excluding hydrogens is 590 g/mol. The summed E-state index contributed by atoms with van der Waals surface area (Å²) in [6.45, 7) is 6.81. The minimum atomic E-state index is -5.05. The zero-order chi connectivity index (χ0) is 30.9. The van der Waals surface area contributed by atoms with Gasteiger partial charge in [0, 0.05) is 36.7 Å². The van der Waals surface area contributed by atoms with Gasteiger partial charge in [-0.1, -0.05) is 11.6 Å². The molecule has 0 saturated carbocycles. The van der Waals surface area contributed by atoms with Crippen LogP contribution in [-0.2, 0) is 0 Å². The maximum Gasteiger partial charge on any atom is 0.455 e. The van der Waals surface area contributed by atoms with Crippen LogP contribution in [-0.4, -0.2) is 73.6 Å². The van der Waals surface area contributed by atoms with E-state index in [1.165, 1.54) is 18.2 Å². The molecule has 1 aliphatic heterocycles. The lowest BCUT2D eigenvalue weighted by Gasteiger charge is -2.33. The molecule has 0 unspecified atom stereocenters. The molecule has 3 aromatic heterocycles. The van der Waals surface area contributed by atoms with Crippen molar-refractivity contribution in [3.63, 3.8) is 0 Å². The van der Waals surface area contributed by atoms with Gasteiger partial charge in [-0.05, 0) is 70.1 Å². The summed E-state index contributed by atoms with van der Waals surface area (Å²) in [4.78, 5) is 27.3. The maximum absolute atomic E-state index is 13.7. The van der Waals surface area contributed by atoms with Crippen molar-refractivity contribution in [3.05, 3.63) is 58.6 Å². The monoisotopic (exact) mass is 619 g/mol. The molecule has 228 valence electrons. The number of nitrogens with one attached hydrogen (secondary N) is 2. The van der Waals surface area contributed by atoms with Gasteiger partial charge in [0.2, 0.25) is 5.95 Å². The number of nitrogens with two attached hydrogens (primary N) is 1. The van der Waals surface area contributed by atoms with Gasteiger partial charge in [0.05, 0.1) is 16.3 Å². The molecule has 10 nitrogen and oxygen atoms in total. The molecule has 0 amide bonds. The first kappa shape index (κ1) is 30.4. The number of hydrogen-bond acceptors (Lipinski definition) is 9. The highest BCUT2D eigenvalue weighted by atomic mass is 35.5. The first-order valence-corrected chi connectivity index (χ1v) is 14.1. The SMILES string of the molecule is CC(C)N1CCC(c2nc3cc(-c4ccc(F)cc4Cl)nc(NCCNc4ccc(C(=O)C(F)(F)F)c(N)n4)n3n2)CC1. The van der Waals surface area contributed by atoms with Crippen molar-refractivity contribution >= 4 is 40.6 Å². The summed E-state index contributed by atoms with van der Waals surface area (Å²) < 4.78 is 53.6. The van der Waals surface area contributed by atoms with Crippen LogP contribution in [0.1, 0.15) is 48.8 Å². The number of nitrogens with zero attached hydrogens (tertiary/aromatic N) is 6. The van der Waals surface area contributed by atoms with Crippen LogP contribution in [0, 0.1) is 5.82 Å². The van der Waals surface area contributed by atoms with Gasteiger partial charge in [-0.25, -0.2) is 19.3 Å². The Morgan fingerprint density at radius 3 is 2.44 bits per heavy atom. The molecule has 1 saturated heterocycles. The number of nitrogen functional groups attached to an aromatic ring is 1. The van der Waals surface area contributed by atoms with E-state index >= 15 is 0 Å². The van der Waals surface area contributed by atoms with Crippen LogP contribution in [0.5, 0.6) is 0 Å². The minimum Gasteiger partial charge on any atom is -0.383 e. The second kappa shape index (κ2) is 12.3. The molecular formula is C28H30ClF4N9O. The zero-order valence-electron chi connectivity index (χ0n) is 23.4. The van der Waals surface area contributed by atoms with E-state index < -0.39 is 29.2 Å². The fourth-order valence-electron chi connectivity index (χ4n) is 4.99. The number of ketones is 1. The number of rotatable bonds is 9. The Morgan fingerprint density at radius 2 is 1.79 bits per heavy atom. The summed E-state index contributed by atoms with van der Waals surface area (Å²) in [5.41, 5.74) is 6.43. The van der Waals surface area contributed by atoms with Crippen LogP contribution < -0.4 is 16.4 Å². The van der Waals surface area contributed by atoms with Crippen molar-refractivity contribution in [3.8, 4) is 11.3 Å². The standard InChI is InChI=1S/C28H30ClF4N9O/c1-15(2)41-11-7-16(8-12-41)26-39-23-14-21(18-4-3-17(30)13-20(18)29)37-27(42(23)40-26)36-10-9-35-22-6-5-19(25(34)38-22)24(43)28(31,32)33/h3-6,13-16H,7-12H2,1-2H3,(H,36,37)(H3,34,35,38). The number of pyridine rings is 1. The van der Waals surface area contributed by atoms with E-state index in [9.17, 15) is 22.4 Å². The highest BCUT2D eigenvalue weighted by Crippen LogP contribution is 2.31. The van der Waals surface area contributed by atoms with Crippen LogP contribution in [0.25, 0.3) is 16.9 Å². The molecule has 4 aromatic rings. The van der Waals surface area contributed by atoms with Crippen molar-refractivity contribution in [1.82, 2.24) is 29.5 Å². The number of carbonyl (C=O) groups excluding carboxylic acids is 1. The lowest BCUT2D eigenvalue weighted by molar-refractivity contribution is -0.0884. The van der Waals surface area contributed by atoms with Gasteiger partial charge in [-0.15, -0.1) is 5.10 Å². The number of fused-ring (bicyclic) bond motifs is 1. The highest BCUT2D eigenvalue weighted by Gasteiger charge is 2.40. The number of aromatic nitrogens is 5. The Balaban J connectivity index is 1.35. The number of Topliss-reactive ketones (excluding diaryl/α,β-unsaturated/α-hetero) is 1. The zero-order valence-corrected chi connectivity index (χ0v) is 24.2. The van der Waals surface area contributed by atoms with Gasteiger partial charge in [0.1, 0.15) is 17.5 Å². The van der Waals surface area contributed by atoms with E-state index in [2.05, 4.69) is 34.4 Å². The number of anilines is 3. The highest BCUT2D eigenvalue weighted by molar-refractivity contribution is 6.33. The smallest absolute Gasteiger partial charge is 0.383 e. The average Bonchev–Trinajstić information content (AvgIpc) is 3.39. The largest absolute Gasteiger partial charge is 0.455 e. The van der Waals surface area contributed by atoms with Gasteiger partial charge < -0.3 is 21.3 Å². The first-order chi connectivity index (χ1) is 20.4. The van der Waals surface area contributed by atoms with Gasteiger partial charge in [-0.3, -0.25) is 4.79 Å². The minimum absolute atomic E-state index is 0.186. The van der Waals surface area contributed by atoms with Crippen molar-refractivity contribution in [2.75, 3.05) is 42.5 Å². The normalized spacial score (nSPS) is 14.9. The second-order valence-electron chi connectivity index (χ2n) is 10.5. The molecule has 43 heavy (non-hydrogen) atoms. The number of benzene rings is 1. The molecule has 0 aliphatic carbocycles. The summed E-state index contributed by atoms with van der Waals surface area (Å²) in [6.07, 6.45) is -3.20. The summed E-state index contributed by atoms with van der Waals surface area (Å²) in [5.74, 6) is -1.60. The van der Waals surface area contributed by atoms with Crippen molar-refractivity contribution in [2.24, 2.45) is 0 Å². The summed E-state index contributed by atoms with van der Waals surface area (Å²) in [6, 6.07) is 8.51. The number of piperidine rings is 1. The Labute approximate surface area is 249 Å². The molecule has 1 aliphatic rings. The average molecular weight is 620 g/mol. The number of likely N-dealkylation sites (tertiary alicyclic amines) is 1. The van der Waals surface area contributed by atoms with Crippen molar-refractivity contribution in [2.45, 2.75) is 44.8 Å². The molecule has 15 heteroatoms. The summed E-state index contributed by atoms with van der Waals surface area (Å²) >= 11 is 6.34. The fourth-order valence-corrected chi connectivity index (χ4v) is 5.25. The predicted octanol–water partition coefficient (Wildman–Crippen LogP) is 5.42. The fraction of sp³-hybridized carbons (Fsp3) is 0.393. The van der Waals surface area contributed by atoms with E-state index in [4.69, 9.17) is 32.4 Å². The molecule has 5 rings (SSSR count). The van der Waals surface area contributed by atoms with Gasteiger partial charge in [0.15, 0.2) is 11.5 Å². The Kier molecular flexibility index (Phi) is 8.69. The summed E-state index contributed by atoms with van der Waals surface area (Å²) in [7, 11) is 0. The Hall–Kier alpha value is -4.04. The topological polar surface area (TPSA) is 126 Å². The molecule has 4 N–H and O–H groups in total. The molecule has 4 heterocycles. The van der Waals surface area contributed by atoms with Crippen LogP contribution in [0.2, 0.25) is 5.02 Å². The van der Waals surface area contributed by atoms with Gasteiger partial charge in [-0.2, -0.15) is 17.7 Å². The third-order valence-corrected chi connectivity index (χ3v) is 7.63. The number of alkyl halides is 3.